The molecule has 1 heterocycles. The van der Waals surface area contributed by atoms with Gasteiger partial charge in [0, 0.05) is 14.9 Å². The number of halogens is 2. The molecule has 0 saturated carbocycles. The first-order valence-corrected chi connectivity index (χ1v) is 7.54. The lowest BCUT2D eigenvalue weighted by atomic mass is 10.2. The molecule has 0 fully saturated rings. The summed E-state index contributed by atoms with van der Waals surface area (Å²) in [5.74, 6) is -0.999. The van der Waals surface area contributed by atoms with Gasteiger partial charge >= 0.3 is 0 Å². The first kappa shape index (κ1) is 13.3. The molecule has 2 nitrogen and oxygen atoms in total. The zero-order valence-corrected chi connectivity index (χ0v) is 12.6. The third-order valence-electron chi connectivity index (χ3n) is 2.88. The molecule has 5 heteroatoms. The second-order valence-corrected chi connectivity index (χ2v) is 6.11. The van der Waals surface area contributed by atoms with Gasteiger partial charge in [-0.2, -0.15) is 0 Å². The second-order valence-electron chi connectivity index (χ2n) is 4.25. The molecular formula is C15H9BrFNOS. The molecule has 1 N–H and O–H groups in total. The van der Waals surface area contributed by atoms with Gasteiger partial charge < -0.3 is 5.32 Å². The minimum atomic E-state index is -0.540. The Labute approximate surface area is 127 Å². The Hall–Kier alpha value is -1.72. The zero-order valence-electron chi connectivity index (χ0n) is 10.2. The van der Waals surface area contributed by atoms with Crippen LogP contribution in [0.1, 0.15) is 10.4 Å². The highest BCUT2D eigenvalue weighted by Crippen LogP contribution is 2.24. The number of carbonyl (C=O) groups excluding carboxylic acids is 1. The molecule has 0 unspecified atom stereocenters. The van der Waals surface area contributed by atoms with Gasteiger partial charge in [0.05, 0.1) is 5.56 Å². The summed E-state index contributed by atoms with van der Waals surface area (Å²) in [6, 6.07) is 11.9. The van der Waals surface area contributed by atoms with Crippen LogP contribution in [-0.2, 0) is 0 Å². The van der Waals surface area contributed by atoms with Gasteiger partial charge in [0.15, 0.2) is 0 Å². The molecule has 0 saturated heterocycles. The smallest absolute Gasteiger partial charge is 0.258 e. The van der Waals surface area contributed by atoms with Crippen LogP contribution in [0.4, 0.5) is 10.1 Å². The molecule has 0 bridgehead atoms. The maximum absolute atomic E-state index is 13.6. The van der Waals surface area contributed by atoms with Crippen LogP contribution in [0.3, 0.4) is 0 Å². The van der Waals surface area contributed by atoms with Crippen molar-refractivity contribution in [1.29, 1.82) is 0 Å². The quantitative estimate of drug-likeness (QED) is 0.688. The molecule has 20 heavy (non-hydrogen) atoms. The molecule has 1 aromatic heterocycles. The summed E-state index contributed by atoms with van der Waals surface area (Å²) in [4.78, 5) is 12.1. The van der Waals surface area contributed by atoms with E-state index in [2.05, 4.69) is 21.2 Å². The van der Waals surface area contributed by atoms with Gasteiger partial charge in [0.2, 0.25) is 0 Å². The van der Waals surface area contributed by atoms with E-state index in [9.17, 15) is 9.18 Å². The molecule has 1 amide bonds. The summed E-state index contributed by atoms with van der Waals surface area (Å²) in [6.07, 6.45) is 0. The topological polar surface area (TPSA) is 29.1 Å². The summed E-state index contributed by atoms with van der Waals surface area (Å²) in [5, 5.41) is 5.76. The fourth-order valence-corrected chi connectivity index (χ4v) is 3.05. The van der Waals surface area contributed by atoms with Crippen molar-refractivity contribution < 1.29 is 9.18 Å². The molecule has 3 rings (SSSR count). The molecule has 0 radical (unpaired) electrons. The summed E-state index contributed by atoms with van der Waals surface area (Å²) in [6.45, 7) is 0. The number of benzene rings is 2. The normalized spacial score (nSPS) is 10.7. The zero-order chi connectivity index (χ0) is 14.1. The van der Waals surface area contributed by atoms with Gasteiger partial charge in [-0.15, -0.1) is 11.3 Å². The Morgan fingerprint density at radius 1 is 1.15 bits per heavy atom. The number of nitrogens with one attached hydrogen (secondary N) is 1. The fraction of sp³-hybridized carbons (Fsp3) is 0. The van der Waals surface area contributed by atoms with Crippen molar-refractivity contribution in [2.75, 3.05) is 5.32 Å². The van der Waals surface area contributed by atoms with Crippen molar-refractivity contribution in [1.82, 2.24) is 0 Å². The highest BCUT2D eigenvalue weighted by Gasteiger charge is 2.12. The van der Waals surface area contributed by atoms with Gasteiger partial charge in [-0.25, -0.2) is 4.39 Å². The van der Waals surface area contributed by atoms with Gasteiger partial charge in [-0.05, 0) is 53.2 Å². The third-order valence-corrected chi connectivity index (χ3v) is 4.27. The van der Waals surface area contributed by atoms with Crippen LogP contribution < -0.4 is 5.32 Å². The molecule has 3 aromatic rings. The van der Waals surface area contributed by atoms with Crippen LogP contribution in [0.15, 0.2) is 52.3 Å². The van der Waals surface area contributed by atoms with Crippen molar-refractivity contribution in [3.63, 3.8) is 0 Å². The van der Waals surface area contributed by atoms with E-state index in [0.717, 1.165) is 10.1 Å². The molecule has 100 valence electrons. The lowest BCUT2D eigenvalue weighted by Crippen LogP contribution is -2.13. The lowest BCUT2D eigenvalue weighted by Gasteiger charge is -2.07. The Balaban J connectivity index is 1.89. The maximum Gasteiger partial charge on any atom is 0.258 e. The van der Waals surface area contributed by atoms with Crippen LogP contribution in [0.25, 0.3) is 10.1 Å². The third kappa shape index (κ3) is 2.59. The van der Waals surface area contributed by atoms with E-state index >= 15 is 0 Å². The molecular weight excluding hydrogens is 341 g/mol. The van der Waals surface area contributed by atoms with Crippen LogP contribution in [0, 0.1) is 5.82 Å². The Bertz CT molecular complexity index is 799. The second kappa shape index (κ2) is 5.34. The van der Waals surface area contributed by atoms with Crippen LogP contribution in [0.2, 0.25) is 0 Å². The fourth-order valence-electron chi connectivity index (χ4n) is 1.91. The van der Waals surface area contributed by atoms with Gasteiger partial charge in [-0.1, -0.05) is 15.9 Å². The highest BCUT2D eigenvalue weighted by atomic mass is 79.9. The Kier molecular flexibility index (Phi) is 3.54. The average Bonchev–Trinajstić information content (AvgIpc) is 2.89. The van der Waals surface area contributed by atoms with E-state index in [4.69, 9.17) is 0 Å². The first-order chi connectivity index (χ1) is 9.63. The highest BCUT2D eigenvalue weighted by molar-refractivity contribution is 9.10. The van der Waals surface area contributed by atoms with Crippen LogP contribution >= 0.6 is 27.3 Å². The first-order valence-electron chi connectivity index (χ1n) is 5.87. The molecule has 0 spiro atoms. The minimum absolute atomic E-state index is 0.0183. The minimum Gasteiger partial charge on any atom is -0.322 e. The standard InChI is InChI=1S/C15H9BrFNOS/c16-10-1-3-13(17)12(8-10)15(19)18-11-2-4-14-9(7-11)5-6-20-14/h1-8H,(H,18,19). The summed E-state index contributed by atoms with van der Waals surface area (Å²) in [5.41, 5.74) is 0.671. The molecule has 0 atom stereocenters. The average molecular weight is 350 g/mol. The summed E-state index contributed by atoms with van der Waals surface area (Å²) in [7, 11) is 0. The van der Waals surface area contributed by atoms with E-state index in [0.29, 0.717) is 10.2 Å². The largest absolute Gasteiger partial charge is 0.322 e. The number of hydrogen-bond acceptors (Lipinski definition) is 2. The van der Waals surface area contributed by atoms with E-state index in [1.165, 1.54) is 12.1 Å². The predicted molar refractivity (Wildman–Crippen MR) is 83.9 cm³/mol. The number of anilines is 1. The Morgan fingerprint density at radius 3 is 2.85 bits per heavy atom. The number of carbonyl (C=O) groups is 1. The lowest BCUT2D eigenvalue weighted by molar-refractivity contribution is 0.102. The number of amides is 1. The number of rotatable bonds is 2. The van der Waals surface area contributed by atoms with Crippen molar-refractivity contribution in [3.05, 3.63) is 63.7 Å². The van der Waals surface area contributed by atoms with Gasteiger partial charge in [0.25, 0.3) is 5.91 Å². The molecule has 0 aliphatic carbocycles. The molecule has 2 aromatic carbocycles. The van der Waals surface area contributed by atoms with Gasteiger partial charge in [0.1, 0.15) is 5.82 Å². The number of thiophene rings is 1. The van der Waals surface area contributed by atoms with Crippen LogP contribution in [-0.4, -0.2) is 5.91 Å². The van der Waals surface area contributed by atoms with E-state index in [-0.39, 0.29) is 5.56 Å². The van der Waals surface area contributed by atoms with Crippen LogP contribution in [0.5, 0.6) is 0 Å². The number of hydrogen-bond donors (Lipinski definition) is 1. The van der Waals surface area contributed by atoms with Crippen molar-refractivity contribution in [2.45, 2.75) is 0 Å². The summed E-state index contributed by atoms with van der Waals surface area (Å²) < 4.78 is 15.5. The van der Waals surface area contributed by atoms with E-state index < -0.39 is 11.7 Å². The molecule has 0 aliphatic rings. The number of fused-ring (bicyclic) bond motifs is 1. The monoisotopic (exact) mass is 349 g/mol. The van der Waals surface area contributed by atoms with E-state index in [1.807, 2.05) is 29.6 Å². The van der Waals surface area contributed by atoms with Crippen molar-refractivity contribution >= 4 is 48.9 Å². The Morgan fingerprint density at radius 2 is 2.00 bits per heavy atom. The van der Waals surface area contributed by atoms with Crippen molar-refractivity contribution in [2.24, 2.45) is 0 Å². The van der Waals surface area contributed by atoms with Gasteiger partial charge in [-0.3, -0.25) is 4.79 Å². The maximum atomic E-state index is 13.6. The summed E-state index contributed by atoms with van der Waals surface area (Å²) >= 11 is 4.87. The van der Waals surface area contributed by atoms with E-state index in [1.54, 1.807) is 17.4 Å². The molecule has 0 aliphatic heterocycles. The van der Waals surface area contributed by atoms with Crippen molar-refractivity contribution in [3.8, 4) is 0 Å². The SMILES string of the molecule is O=C(Nc1ccc2sccc2c1)c1cc(Br)ccc1F. The predicted octanol–water partition coefficient (Wildman–Crippen LogP) is 5.06.